The molecule has 0 aliphatic carbocycles. The van der Waals surface area contributed by atoms with E-state index in [0.717, 1.165) is 12.0 Å². The molecule has 2 unspecified atom stereocenters. The van der Waals surface area contributed by atoms with Crippen molar-refractivity contribution in [3.63, 3.8) is 0 Å². The molecule has 1 saturated heterocycles. The molecule has 1 aliphatic rings. The molecule has 0 bridgehead atoms. The molecule has 2 atom stereocenters. The number of methoxy groups -OCH3 is 1. The van der Waals surface area contributed by atoms with Gasteiger partial charge in [0.25, 0.3) is 5.91 Å². The second-order valence-electron chi connectivity index (χ2n) is 7.05. The maximum Gasteiger partial charge on any atom is 0.356 e. The second-order valence-corrected chi connectivity index (χ2v) is 11.7. The molecule has 3 rings (SSSR count). The summed E-state index contributed by atoms with van der Waals surface area (Å²) in [6.07, 6.45) is -0.0183. The minimum absolute atomic E-state index is 0.000647. The monoisotopic (exact) mass is 542 g/mol. The Morgan fingerprint density at radius 1 is 1.09 bits per heavy atom. The molecule has 0 spiro atoms. The van der Waals surface area contributed by atoms with E-state index in [1.165, 1.54) is 12.1 Å². The number of hydrogen-bond donors (Lipinski definition) is 1. The van der Waals surface area contributed by atoms with Crippen LogP contribution in [0.2, 0.25) is 0 Å². The van der Waals surface area contributed by atoms with Crippen LogP contribution in [0.15, 0.2) is 76.3 Å². The summed E-state index contributed by atoms with van der Waals surface area (Å²) in [6.45, 7) is 0. The highest BCUT2D eigenvalue weighted by atomic mass is 35.5. The summed E-state index contributed by atoms with van der Waals surface area (Å²) in [6, 6.07) is 15.2. The third-order valence-electron chi connectivity index (χ3n) is 4.82. The van der Waals surface area contributed by atoms with Gasteiger partial charge in [-0.25, -0.2) is 13.2 Å². The third kappa shape index (κ3) is 5.75. The van der Waals surface area contributed by atoms with Crippen LogP contribution in [-0.4, -0.2) is 55.5 Å². The van der Waals surface area contributed by atoms with Crippen LogP contribution in [0, 0.1) is 0 Å². The number of allylic oxidation sites excluding steroid dienone is 1. The molecule has 2 amide bonds. The van der Waals surface area contributed by atoms with Crippen molar-refractivity contribution in [3.05, 3.63) is 77.0 Å². The van der Waals surface area contributed by atoms with Gasteiger partial charge in [-0.15, -0.1) is 11.6 Å². The number of β-lactam (4-membered cyclic amide) rings is 1. The molecule has 0 radical (unpaired) electrons. The van der Waals surface area contributed by atoms with E-state index in [9.17, 15) is 22.8 Å². The summed E-state index contributed by atoms with van der Waals surface area (Å²) in [5.74, 6) is -2.48. The lowest BCUT2D eigenvalue weighted by Crippen LogP contribution is -2.69. The fourth-order valence-electron chi connectivity index (χ4n) is 3.21. The summed E-state index contributed by atoms with van der Waals surface area (Å²) in [4.78, 5) is 38.9. The normalized spacial score (nSPS) is 18.6. The molecule has 34 heavy (non-hydrogen) atoms. The van der Waals surface area contributed by atoms with Gasteiger partial charge in [-0.05, 0) is 17.7 Å². The first kappa shape index (κ1) is 26.1. The maximum atomic E-state index is 13.0. The number of esters is 1. The van der Waals surface area contributed by atoms with E-state index in [-0.39, 0.29) is 27.9 Å². The number of rotatable bonds is 9. The van der Waals surface area contributed by atoms with E-state index in [4.69, 9.17) is 27.9 Å². The second kappa shape index (κ2) is 11.3. The number of carbonyl (C=O) groups is 3. The molecular formula is C22H20Cl2N2O6S2. The third-order valence-corrected chi connectivity index (χ3v) is 9.25. The van der Waals surface area contributed by atoms with Crippen LogP contribution in [0.4, 0.5) is 0 Å². The van der Waals surface area contributed by atoms with Crippen LogP contribution in [0.25, 0.3) is 0 Å². The Hall–Kier alpha value is -2.53. The molecule has 180 valence electrons. The fraction of sp³-hybridized carbons (Fsp3) is 0.227. The number of amides is 2. The topological polar surface area (TPSA) is 110 Å². The van der Waals surface area contributed by atoms with Gasteiger partial charge < -0.3 is 10.1 Å². The lowest BCUT2D eigenvalue weighted by molar-refractivity contribution is -0.151. The van der Waals surface area contributed by atoms with Gasteiger partial charge in [0.2, 0.25) is 14.8 Å². The van der Waals surface area contributed by atoms with Gasteiger partial charge in [-0.3, -0.25) is 14.5 Å². The molecule has 0 aromatic heterocycles. The SMILES string of the molecule is COC(=O)/C(=C(\Cl)CCl)N1C(=O)C(NC(=O)Cc2ccccc2)C1SS(=O)(=O)c1ccccc1. The summed E-state index contributed by atoms with van der Waals surface area (Å²) in [5, 5.41) is 1.18. The Morgan fingerprint density at radius 3 is 2.24 bits per heavy atom. The molecule has 2 aromatic carbocycles. The zero-order valence-corrected chi connectivity index (χ0v) is 21.0. The first-order valence-corrected chi connectivity index (χ1v) is 13.7. The summed E-state index contributed by atoms with van der Waals surface area (Å²) in [7, 11) is -2.48. The van der Waals surface area contributed by atoms with Crippen molar-refractivity contribution in [3.8, 4) is 0 Å². The van der Waals surface area contributed by atoms with Gasteiger partial charge in [-0.1, -0.05) is 60.1 Å². The van der Waals surface area contributed by atoms with Gasteiger partial charge in [-0.2, -0.15) is 0 Å². The highest BCUT2D eigenvalue weighted by Gasteiger charge is 2.54. The zero-order valence-electron chi connectivity index (χ0n) is 17.8. The van der Waals surface area contributed by atoms with E-state index in [2.05, 4.69) is 5.32 Å². The standard InChI is InChI=1S/C22H20Cl2N2O6S2/c1-32-22(29)19(16(24)13-23)26-20(28)18(25-17(27)12-14-8-4-2-5-9-14)21(26)33-34(30,31)15-10-6-3-7-11-15/h2-11,18,21H,12-13H2,1H3,(H,25,27)/b19-16+. The Balaban J connectivity index is 1.92. The van der Waals surface area contributed by atoms with Crippen LogP contribution in [0.3, 0.4) is 0 Å². The van der Waals surface area contributed by atoms with Gasteiger partial charge in [0, 0.05) is 10.8 Å². The largest absolute Gasteiger partial charge is 0.464 e. The number of likely N-dealkylation sites (tertiary alicyclic amines) is 1. The minimum atomic E-state index is -3.98. The van der Waals surface area contributed by atoms with Crippen LogP contribution in [0.5, 0.6) is 0 Å². The number of halogens is 2. The first-order valence-electron chi connectivity index (χ1n) is 9.87. The molecular weight excluding hydrogens is 523 g/mol. The molecule has 1 heterocycles. The van der Waals surface area contributed by atoms with Gasteiger partial charge >= 0.3 is 5.97 Å². The fourth-order valence-corrected chi connectivity index (χ4v) is 7.00. The Bertz CT molecular complexity index is 1210. The van der Waals surface area contributed by atoms with Crippen LogP contribution in [-0.2, 0) is 34.4 Å². The number of benzene rings is 2. The molecule has 2 aromatic rings. The Morgan fingerprint density at radius 2 is 1.68 bits per heavy atom. The average Bonchev–Trinajstić information content (AvgIpc) is 2.85. The molecule has 8 nitrogen and oxygen atoms in total. The first-order chi connectivity index (χ1) is 16.2. The predicted octanol–water partition coefficient (Wildman–Crippen LogP) is 2.87. The van der Waals surface area contributed by atoms with Crippen molar-refractivity contribution in [1.29, 1.82) is 0 Å². The van der Waals surface area contributed by atoms with Crippen molar-refractivity contribution >= 4 is 60.6 Å². The number of ether oxygens (including phenoxy) is 1. The highest BCUT2D eigenvalue weighted by molar-refractivity contribution is 8.72. The Labute approximate surface area is 210 Å². The average molecular weight is 543 g/mol. The molecule has 1 N–H and O–H groups in total. The van der Waals surface area contributed by atoms with Crippen LogP contribution < -0.4 is 5.32 Å². The lowest BCUT2D eigenvalue weighted by atomic mass is 10.0. The van der Waals surface area contributed by atoms with E-state index >= 15 is 0 Å². The van der Waals surface area contributed by atoms with E-state index in [1.54, 1.807) is 48.5 Å². The highest BCUT2D eigenvalue weighted by Crippen LogP contribution is 2.40. The number of nitrogens with zero attached hydrogens (tertiary/aromatic N) is 1. The van der Waals surface area contributed by atoms with Crippen LogP contribution in [0.1, 0.15) is 5.56 Å². The number of hydrogen-bond acceptors (Lipinski definition) is 7. The number of carbonyl (C=O) groups excluding carboxylic acids is 3. The van der Waals surface area contributed by atoms with Gasteiger partial charge in [0.15, 0.2) is 0 Å². The molecule has 12 heteroatoms. The minimum Gasteiger partial charge on any atom is -0.464 e. The zero-order chi connectivity index (χ0) is 24.9. The Kier molecular flexibility index (Phi) is 8.64. The van der Waals surface area contributed by atoms with E-state index in [1.807, 2.05) is 0 Å². The smallest absolute Gasteiger partial charge is 0.356 e. The van der Waals surface area contributed by atoms with Crippen molar-refractivity contribution in [2.24, 2.45) is 0 Å². The number of nitrogens with one attached hydrogen (secondary N) is 1. The van der Waals surface area contributed by atoms with E-state index < -0.39 is 38.1 Å². The summed E-state index contributed by atoms with van der Waals surface area (Å²) < 4.78 is 30.8. The predicted molar refractivity (Wildman–Crippen MR) is 130 cm³/mol. The maximum absolute atomic E-state index is 13.0. The van der Waals surface area contributed by atoms with Crippen molar-refractivity contribution in [2.45, 2.75) is 22.7 Å². The van der Waals surface area contributed by atoms with Crippen molar-refractivity contribution in [2.75, 3.05) is 13.0 Å². The van der Waals surface area contributed by atoms with Gasteiger partial charge in [0.05, 0.1) is 29.3 Å². The molecule has 1 aliphatic heterocycles. The number of alkyl halides is 1. The van der Waals surface area contributed by atoms with Gasteiger partial charge in [0.1, 0.15) is 17.1 Å². The molecule has 1 fully saturated rings. The van der Waals surface area contributed by atoms with E-state index in [0.29, 0.717) is 16.4 Å². The summed E-state index contributed by atoms with van der Waals surface area (Å²) >= 11 is 11.9. The lowest BCUT2D eigenvalue weighted by Gasteiger charge is -2.46. The van der Waals surface area contributed by atoms with Crippen LogP contribution >= 0.6 is 34.0 Å². The quantitative estimate of drug-likeness (QED) is 0.170. The summed E-state index contributed by atoms with van der Waals surface area (Å²) in [5.41, 5.74) is 0.337. The molecule has 0 saturated carbocycles. The van der Waals surface area contributed by atoms with Crippen molar-refractivity contribution in [1.82, 2.24) is 10.2 Å². The van der Waals surface area contributed by atoms with Crippen molar-refractivity contribution < 1.29 is 27.5 Å².